The Morgan fingerprint density at radius 2 is 1.83 bits per heavy atom. The van der Waals surface area contributed by atoms with E-state index in [-0.39, 0.29) is 11.5 Å². The van der Waals surface area contributed by atoms with E-state index < -0.39 is 0 Å². The van der Waals surface area contributed by atoms with Crippen molar-refractivity contribution in [1.29, 1.82) is 0 Å². The largest absolute Gasteiger partial charge is 0.393 e. The van der Waals surface area contributed by atoms with Crippen molar-refractivity contribution in [2.45, 2.75) is 92.6 Å². The highest BCUT2D eigenvalue weighted by atomic mass is 16.3. The molecule has 1 heteroatoms. The van der Waals surface area contributed by atoms with Crippen LogP contribution in [0.5, 0.6) is 0 Å². The number of hydrogen-bond acceptors (Lipinski definition) is 1. The lowest BCUT2D eigenvalue weighted by molar-refractivity contribution is 0.115. The zero-order valence-corrected chi connectivity index (χ0v) is 19.6. The highest BCUT2D eigenvalue weighted by Crippen LogP contribution is 2.62. The van der Waals surface area contributed by atoms with Crippen molar-refractivity contribution in [3.05, 3.63) is 46.6 Å². The van der Waals surface area contributed by atoms with Crippen LogP contribution in [-0.4, -0.2) is 11.2 Å². The van der Waals surface area contributed by atoms with Gasteiger partial charge in [0.05, 0.1) is 6.10 Å². The highest BCUT2D eigenvalue weighted by molar-refractivity contribution is 5.53. The number of fused-ring (bicyclic) bond motifs is 4. The Bertz CT molecular complexity index is 778. The maximum Gasteiger partial charge on any atom is 0.0578 e. The quantitative estimate of drug-likeness (QED) is 0.493. The molecule has 1 N–H and O–H groups in total. The van der Waals surface area contributed by atoms with Gasteiger partial charge in [-0.3, -0.25) is 0 Å². The fourth-order valence-corrected chi connectivity index (χ4v) is 6.84. The molecule has 4 rings (SSSR count). The number of hydrogen-bond donors (Lipinski definition) is 1. The van der Waals surface area contributed by atoms with E-state index in [1.165, 1.54) is 24.8 Å². The predicted molar refractivity (Wildman–Crippen MR) is 124 cm³/mol. The van der Waals surface area contributed by atoms with E-state index in [0.717, 1.165) is 31.6 Å². The molecule has 0 aliphatic heterocycles. The summed E-state index contributed by atoms with van der Waals surface area (Å²) in [6, 6.07) is 0. The van der Waals surface area contributed by atoms with Crippen LogP contribution in [0, 0.1) is 34.5 Å². The Kier molecular flexibility index (Phi) is 5.52. The summed E-state index contributed by atoms with van der Waals surface area (Å²) < 4.78 is 0. The second-order valence-corrected chi connectivity index (χ2v) is 11.3. The molecule has 4 aliphatic rings. The van der Waals surface area contributed by atoms with Crippen LogP contribution < -0.4 is 0 Å². The van der Waals surface area contributed by atoms with Crippen molar-refractivity contribution in [3.8, 4) is 0 Å². The van der Waals surface area contributed by atoms with E-state index in [1.54, 1.807) is 16.7 Å². The van der Waals surface area contributed by atoms with E-state index in [1.807, 2.05) is 0 Å². The fourth-order valence-electron chi connectivity index (χ4n) is 6.84. The van der Waals surface area contributed by atoms with Crippen LogP contribution in [-0.2, 0) is 0 Å². The monoisotopic (exact) mass is 394 g/mol. The van der Waals surface area contributed by atoms with Gasteiger partial charge >= 0.3 is 0 Å². The van der Waals surface area contributed by atoms with Gasteiger partial charge in [0.15, 0.2) is 0 Å². The molecule has 0 aromatic heterocycles. The summed E-state index contributed by atoms with van der Waals surface area (Å²) in [7, 11) is 0. The first-order valence-electron chi connectivity index (χ1n) is 12.2. The van der Waals surface area contributed by atoms with Crippen molar-refractivity contribution >= 4 is 0 Å². The predicted octanol–water partition coefficient (Wildman–Crippen LogP) is 7.40. The lowest BCUT2D eigenvalue weighted by Gasteiger charge is -2.50. The van der Waals surface area contributed by atoms with Gasteiger partial charge in [-0.15, -0.1) is 0 Å². The lowest BCUT2D eigenvalue weighted by atomic mass is 9.54. The summed E-state index contributed by atoms with van der Waals surface area (Å²) in [5.41, 5.74) is 7.15. The molecule has 4 aliphatic carbocycles. The Balaban J connectivity index is 1.58. The number of rotatable bonds is 4. The van der Waals surface area contributed by atoms with Crippen LogP contribution in [0.2, 0.25) is 0 Å². The molecule has 1 saturated carbocycles. The normalized spacial score (nSPS) is 39.0. The molecule has 0 aromatic carbocycles. The molecule has 0 saturated heterocycles. The van der Waals surface area contributed by atoms with Gasteiger partial charge in [0.25, 0.3) is 0 Å². The van der Waals surface area contributed by atoms with E-state index in [4.69, 9.17) is 0 Å². The van der Waals surface area contributed by atoms with Crippen molar-refractivity contribution in [3.63, 3.8) is 0 Å². The SMILES string of the molecule is CC(C)[C@@H](C)C=C[C@@H](C)[C@H]1CC=C2C3=C(CC[C@@]21C)[C@@]1(C)CCC(O)CC1=CC3. The van der Waals surface area contributed by atoms with Crippen LogP contribution >= 0.6 is 0 Å². The first kappa shape index (κ1) is 21.2. The number of aliphatic hydroxyl groups excluding tert-OH is 1. The molecular weight excluding hydrogens is 352 g/mol. The molecule has 29 heavy (non-hydrogen) atoms. The molecule has 1 unspecified atom stereocenters. The highest BCUT2D eigenvalue weighted by Gasteiger charge is 2.50. The topological polar surface area (TPSA) is 20.2 Å². The van der Waals surface area contributed by atoms with Gasteiger partial charge < -0.3 is 5.11 Å². The van der Waals surface area contributed by atoms with Crippen LogP contribution in [0.3, 0.4) is 0 Å². The molecule has 0 heterocycles. The first-order valence-corrected chi connectivity index (χ1v) is 12.2. The van der Waals surface area contributed by atoms with Crippen molar-refractivity contribution < 1.29 is 5.11 Å². The molecule has 0 spiro atoms. The number of allylic oxidation sites excluding steroid dienone is 7. The van der Waals surface area contributed by atoms with Crippen LogP contribution in [0.15, 0.2) is 46.6 Å². The molecule has 1 nitrogen and oxygen atoms in total. The Morgan fingerprint density at radius 1 is 1.07 bits per heavy atom. The van der Waals surface area contributed by atoms with Crippen molar-refractivity contribution in [2.75, 3.05) is 0 Å². The van der Waals surface area contributed by atoms with Gasteiger partial charge in [-0.2, -0.15) is 0 Å². The third kappa shape index (κ3) is 3.42. The van der Waals surface area contributed by atoms with Gasteiger partial charge in [0.1, 0.15) is 0 Å². The molecule has 6 atom stereocenters. The summed E-state index contributed by atoms with van der Waals surface area (Å²) in [5.74, 6) is 2.73. The Morgan fingerprint density at radius 3 is 2.55 bits per heavy atom. The molecule has 1 fully saturated rings. The minimum absolute atomic E-state index is 0.124. The zero-order chi connectivity index (χ0) is 21.0. The average molecular weight is 395 g/mol. The second-order valence-electron chi connectivity index (χ2n) is 11.3. The first-order chi connectivity index (χ1) is 13.7. The minimum Gasteiger partial charge on any atom is -0.393 e. The van der Waals surface area contributed by atoms with E-state index in [0.29, 0.717) is 23.2 Å². The number of aliphatic hydroxyl groups is 1. The van der Waals surface area contributed by atoms with E-state index in [9.17, 15) is 5.11 Å². The molecular formula is C28H42O. The van der Waals surface area contributed by atoms with Gasteiger partial charge in [-0.25, -0.2) is 0 Å². The summed E-state index contributed by atoms with van der Waals surface area (Å²) in [4.78, 5) is 0. The summed E-state index contributed by atoms with van der Waals surface area (Å²) >= 11 is 0. The van der Waals surface area contributed by atoms with Crippen LogP contribution in [0.1, 0.15) is 86.5 Å². The van der Waals surface area contributed by atoms with Gasteiger partial charge in [-0.05, 0) is 85.2 Å². The van der Waals surface area contributed by atoms with Crippen molar-refractivity contribution in [2.24, 2.45) is 34.5 Å². The smallest absolute Gasteiger partial charge is 0.0578 e. The zero-order valence-electron chi connectivity index (χ0n) is 19.6. The van der Waals surface area contributed by atoms with Crippen LogP contribution in [0.25, 0.3) is 0 Å². The molecule has 0 radical (unpaired) electrons. The van der Waals surface area contributed by atoms with Gasteiger partial charge in [0, 0.05) is 5.41 Å². The molecule has 0 amide bonds. The second kappa shape index (κ2) is 7.56. The Hall–Kier alpha value is -1.08. The van der Waals surface area contributed by atoms with Gasteiger partial charge in [0.2, 0.25) is 0 Å². The third-order valence-electron chi connectivity index (χ3n) is 9.36. The Labute approximate surface area is 179 Å². The van der Waals surface area contributed by atoms with E-state index in [2.05, 4.69) is 65.8 Å². The summed E-state index contributed by atoms with van der Waals surface area (Å²) in [6.45, 7) is 14.5. The lowest BCUT2D eigenvalue weighted by Crippen LogP contribution is -2.39. The summed E-state index contributed by atoms with van der Waals surface area (Å²) in [6.07, 6.45) is 17.8. The van der Waals surface area contributed by atoms with Crippen LogP contribution in [0.4, 0.5) is 0 Å². The third-order valence-corrected chi connectivity index (χ3v) is 9.36. The maximum atomic E-state index is 10.2. The molecule has 0 aromatic rings. The molecule has 0 bridgehead atoms. The standard InChI is InChI=1S/C28H42O/c1-18(2)19(3)7-8-20(4)24-11-12-25-23-10-9-21-17-22(29)13-15-27(21,5)26(23)14-16-28(24,25)6/h7-9,12,18-20,22,24,29H,10-11,13-17H2,1-6H3/t19-,20+,22?,24+,27-,28+/m0/s1. The maximum absolute atomic E-state index is 10.2. The van der Waals surface area contributed by atoms with Gasteiger partial charge in [-0.1, -0.05) is 77.0 Å². The average Bonchev–Trinajstić information content (AvgIpc) is 3.03. The molecule has 160 valence electrons. The minimum atomic E-state index is -0.124. The van der Waals surface area contributed by atoms with Crippen molar-refractivity contribution in [1.82, 2.24) is 0 Å². The summed E-state index contributed by atoms with van der Waals surface area (Å²) in [5, 5.41) is 10.2. The fraction of sp³-hybridized carbons (Fsp3) is 0.714. The van der Waals surface area contributed by atoms with E-state index >= 15 is 0 Å².